The van der Waals surface area contributed by atoms with Gasteiger partial charge >= 0.3 is 0 Å². The summed E-state index contributed by atoms with van der Waals surface area (Å²) in [6.07, 6.45) is 0.853. The van der Waals surface area contributed by atoms with E-state index < -0.39 is 0 Å². The van der Waals surface area contributed by atoms with E-state index in [1.165, 1.54) is 11.1 Å². The number of rotatable bonds is 4. The van der Waals surface area contributed by atoms with Gasteiger partial charge in [-0.1, -0.05) is 36.4 Å². The van der Waals surface area contributed by atoms with Crippen molar-refractivity contribution >= 4 is 11.0 Å². The van der Waals surface area contributed by atoms with Gasteiger partial charge < -0.3 is 10.3 Å². The van der Waals surface area contributed by atoms with Crippen LogP contribution in [0.5, 0.6) is 0 Å². The summed E-state index contributed by atoms with van der Waals surface area (Å²) in [6.45, 7) is 4.96. The standard InChI is InChI=1S/C18H21N3/c1-13(2)21-17-9-8-15(12-19)10-16(17)20-18(21)11-14-6-4-3-5-7-14/h3-10,13H,11-12,19H2,1-2H3. The molecule has 0 fully saturated rings. The minimum atomic E-state index is 0.387. The lowest BCUT2D eigenvalue weighted by Crippen LogP contribution is -2.07. The molecular weight excluding hydrogens is 258 g/mol. The van der Waals surface area contributed by atoms with E-state index in [-0.39, 0.29) is 0 Å². The molecule has 0 unspecified atom stereocenters. The van der Waals surface area contributed by atoms with Crippen LogP contribution in [0.15, 0.2) is 48.5 Å². The fourth-order valence-corrected chi connectivity index (χ4v) is 2.80. The van der Waals surface area contributed by atoms with Crippen LogP contribution in [0.4, 0.5) is 0 Å². The molecule has 0 radical (unpaired) electrons. The van der Waals surface area contributed by atoms with Crippen LogP contribution in [0.3, 0.4) is 0 Å². The lowest BCUT2D eigenvalue weighted by atomic mass is 10.1. The maximum Gasteiger partial charge on any atom is 0.114 e. The first-order valence-electron chi connectivity index (χ1n) is 7.42. The van der Waals surface area contributed by atoms with Gasteiger partial charge in [0.15, 0.2) is 0 Å². The van der Waals surface area contributed by atoms with Crippen molar-refractivity contribution in [1.82, 2.24) is 9.55 Å². The zero-order valence-electron chi connectivity index (χ0n) is 12.6. The first-order valence-corrected chi connectivity index (χ1v) is 7.42. The third-order valence-electron chi connectivity index (χ3n) is 3.78. The second-order valence-electron chi connectivity index (χ2n) is 5.68. The lowest BCUT2D eigenvalue weighted by Gasteiger charge is -2.13. The van der Waals surface area contributed by atoms with Crippen molar-refractivity contribution in [2.24, 2.45) is 5.73 Å². The molecule has 3 aromatic rings. The Morgan fingerprint density at radius 3 is 2.48 bits per heavy atom. The van der Waals surface area contributed by atoms with Gasteiger partial charge in [0.25, 0.3) is 0 Å². The molecule has 3 rings (SSSR count). The van der Waals surface area contributed by atoms with E-state index in [0.29, 0.717) is 12.6 Å². The molecule has 3 nitrogen and oxygen atoms in total. The van der Waals surface area contributed by atoms with Gasteiger partial charge in [-0.05, 0) is 37.1 Å². The Kier molecular flexibility index (Phi) is 3.76. The van der Waals surface area contributed by atoms with E-state index >= 15 is 0 Å². The number of hydrogen-bond donors (Lipinski definition) is 1. The molecule has 0 amide bonds. The molecule has 0 saturated heterocycles. The average molecular weight is 279 g/mol. The molecule has 0 aliphatic carbocycles. The highest BCUT2D eigenvalue weighted by molar-refractivity contribution is 5.77. The molecular formula is C18H21N3. The van der Waals surface area contributed by atoms with Gasteiger partial charge in [0, 0.05) is 19.0 Å². The van der Waals surface area contributed by atoms with Crippen molar-refractivity contribution in [2.45, 2.75) is 32.9 Å². The number of fused-ring (bicyclic) bond motifs is 1. The first-order chi connectivity index (χ1) is 10.2. The molecule has 108 valence electrons. The SMILES string of the molecule is CC(C)n1c(Cc2ccccc2)nc2cc(CN)ccc21. The third-order valence-corrected chi connectivity index (χ3v) is 3.78. The number of nitrogens with zero attached hydrogens (tertiary/aromatic N) is 2. The van der Waals surface area contributed by atoms with E-state index in [2.05, 4.69) is 60.9 Å². The molecule has 0 aliphatic heterocycles. The molecule has 1 heterocycles. The molecule has 0 atom stereocenters. The zero-order chi connectivity index (χ0) is 14.8. The van der Waals surface area contributed by atoms with Crippen LogP contribution in [0, 0.1) is 0 Å². The maximum atomic E-state index is 5.73. The first kappa shape index (κ1) is 13.8. The summed E-state index contributed by atoms with van der Waals surface area (Å²) < 4.78 is 2.32. The van der Waals surface area contributed by atoms with Crippen LogP contribution in [-0.2, 0) is 13.0 Å². The minimum Gasteiger partial charge on any atom is -0.326 e. The van der Waals surface area contributed by atoms with Crippen LogP contribution in [-0.4, -0.2) is 9.55 Å². The van der Waals surface area contributed by atoms with Crippen LogP contribution in [0.25, 0.3) is 11.0 Å². The Bertz CT molecular complexity index is 742. The van der Waals surface area contributed by atoms with E-state index in [1.807, 2.05) is 6.07 Å². The van der Waals surface area contributed by atoms with Crippen molar-refractivity contribution in [3.8, 4) is 0 Å². The summed E-state index contributed by atoms with van der Waals surface area (Å²) in [5.74, 6) is 1.11. The molecule has 0 spiro atoms. The molecule has 0 bridgehead atoms. The van der Waals surface area contributed by atoms with Crippen LogP contribution >= 0.6 is 0 Å². The Labute approximate surface area is 125 Å². The molecule has 21 heavy (non-hydrogen) atoms. The summed E-state index contributed by atoms with van der Waals surface area (Å²) in [5, 5.41) is 0. The zero-order valence-corrected chi connectivity index (χ0v) is 12.6. The summed E-state index contributed by atoms with van der Waals surface area (Å²) >= 11 is 0. The van der Waals surface area contributed by atoms with E-state index in [4.69, 9.17) is 10.7 Å². The number of hydrogen-bond acceptors (Lipinski definition) is 2. The van der Waals surface area contributed by atoms with Gasteiger partial charge in [-0.25, -0.2) is 4.98 Å². The summed E-state index contributed by atoms with van der Waals surface area (Å²) in [7, 11) is 0. The number of aromatic nitrogens is 2. The summed E-state index contributed by atoms with van der Waals surface area (Å²) in [5.41, 5.74) is 10.4. The Hall–Kier alpha value is -2.13. The number of imidazole rings is 1. The van der Waals surface area contributed by atoms with E-state index in [1.54, 1.807) is 0 Å². The van der Waals surface area contributed by atoms with Gasteiger partial charge in [0.1, 0.15) is 5.82 Å². The Morgan fingerprint density at radius 1 is 1.05 bits per heavy atom. The Morgan fingerprint density at radius 2 is 1.81 bits per heavy atom. The van der Waals surface area contributed by atoms with Crippen molar-refractivity contribution in [2.75, 3.05) is 0 Å². The largest absolute Gasteiger partial charge is 0.326 e. The second-order valence-corrected chi connectivity index (χ2v) is 5.68. The van der Waals surface area contributed by atoms with Crippen molar-refractivity contribution in [3.05, 3.63) is 65.5 Å². The van der Waals surface area contributed by atoms with Crippen molar-refractivity contribution < 1.29 is 0 Å². The van der Waals surface area contributed by atoms with Crippen LogP contribution < -0.4 is 5.73 Å². The number of nitrogens with two attached hydrogens (primary N) is 1. The van der Waals surface area contributed by atoms with E-state index in [0.717, 1.165) is 23.3 Å². The smallest absolute Gasteiger partial charge is 0.114 e. The molecule has 2 N–H and O–H groups in total. The van der Waals surface area contributed by atoms with Crippen LogP contribution in [0.2, 0.25) is 0 Å². The predicted octanol–water partition coefficient (Wildman–Crippen LogP) is 3.67. The third kappa shape index (κ3) is 2.69. The minimum absolute atomic E-state index is 0.387. The number of benzene rings is 2. The second kappa shape index (κ2) is 5.70. The van der Waals surface area contributed by atoms with Crippen LogP contribution in [0.1, 0.15) is 36.8 Å². The fraction of sp³-hybridized carbons (Fsp3) is 0.278. The van der Waals surface area contributed by atoms with Gasteiger partial charge in [0.2, 0.25) is 0 Å². The highest BCUT2D eigenvalue weighted by atomic mass is 15.1. The maximum absolute atomic E-state index is 5.73. The van der Waals surface area contributed by atoms with Gasteiger partial charge in [0.05, 0.1) is 11.0 Å². The molecule has 0 saturated carbocycles. The average Bonchev–Trinajstić information content (AvgIpc) is 2.85. The fourth-order valence-electron chi connectivity index (χ4n) is 2.80. The van der Waals surface area contributed by atoms with Gasteiger partial charge in [-0.2, -0.15) is 0 Å². The van der Waals surface area contributed by atoms with Gasteiger partial charge in [-0.15, -0.1) is 0 Å². The topological polar surface area (TPSA) is 43.8 Å². The van der Waals surface area contributed by atoms with Crippen molar-refractivity contribution in [3.63, 3.8) is 0 Å². The van der Waals surface area contributed by atoms with Gasteiger partial charge in [-0.3, -0.25) is 0 Å². The predicted molar refractivity (Wildman–Crippen MR) is 87.3 cm³/mol. The quantitative estimate of drug-likeness (QED) is 0.792. The molecule has 0 aliphatic rings. The summed E-state index contributed by atoms with van der Waals surface area (Å²) in [6, 6.07) is 17.2. The normalized spacial score (nSPS) is 11.4. The summed E-state index contributed by atoms with van der Waals surface area (Å²) in [4.78, 5) is 4.85. The molecule has 1 aromatic heterocycles. The highest BCUT2D eigenvalue weighted by Gasteiger charge is 2.13. The highest BCUT2D eigenvalue weighted by Crippen LogP contribution is 2.24. The monoisotopic (exact) mass is 279 g/mol. The van der Waals surface area contributed by atoms with Crippen molar-refractivity contribution in [1.29, 1.82) is 0 Å². The molecule has 3 heteroatoms. The van der Waals surface area contributed by atoms with E-state index in [9.17, 15) is 0 Å². The Balaban J connectivity index is 2.10. The lowest BCUT2D eigenvalue weighted by molar-refractivity contribution is 0.591. The molecule has 2 aromatic carbocycles.